The van der Waals surface area contributed by atoms with Crippen LogP contribution in [0.3, 0.4) is 0 Å². The van der Waals surface area contributed by atoms with Crippen molar-refractivity contribution < 1.29 is 0 Å². The molecule has 1 N–H and O–H groups in total. The molecule has 0 heterocycles. The van der Waals surface area contributed by atoms with Gasteiger partial charge in [0.25, 0.3) is 0 Å². The maximum Gasteiger partial charge on any atom is 0.103 e. The second-order valence-corrected chi connectivity index (χ2v) is 6.27. The van der Waals surface area contributed by atoms with Gasteiger partial charge in [0.2, 0.25) is 0 Å². The Morgan fingerprint density at radius 2 is 2.00 bits per heavy atom. The molecule has 0 unspecified atom stereocenters. The zero-order chi connectivity index (χ0) is 14.4. The molecule has 2 nitrogen and oxygen atoms in total. The van der Waals surface area contributed by atoms with Gasteiger partial charge in [0.05, 0.1) is 11.3 Å². The molecule has 2 rings (SSSR count). The smallest absolute Gasteiger partial charge is 0.103 e. The summed E-state index contributed by atoms with van der Waals surface area (Å²) in [6.45, 7) is 2.09. The highest BCUT2D eigenvalue weighted by atomic mass is 32.2. The average Bonchev–Trinajstić information content (AvgIpc) is 2.48. The molecule has 0 aromatic heterocycles. The lowest BCUT2D eigenvalue weighted by molar-refractivity contribution is 1.34. The molecule has 0 saturated carbocycles. The fourth-order valence-electron chi connectivity index (χ4n) is 1.88. The molecule has 0 aliphatic carbocycles. The molecule has 0 amide bonds. The van der Waals surface area contributed by atoms with Gasteiger partial charge in [-0.3, -0.25) is 0 Å². The van der Waals surface area contributed by atoms with Crippen LogP contribution in [0.5, 0.6) is 0 Å². The van der Waals surface area contributed by atoms with Crippen molar-refractivity contribution in [1.82, 2.24) is 0 Å². The number of anilines is 2. The molecule has 0 aliphatic rings. The molecule has 0 atom stereocenters. The Kier molecular flexibility index (Phi) is 5.40. The van der Waals surface area contributed by atoms with E-state index in [4.69, 9.17) is 0 Å². The first-order valence-electron chi connectivity index (χ1n) is 6.35. The van der Waals surface area contributed by atoms with Crippen molar-refractivity contribution in [3.8, 4) is 6.07 Å². The van der Waals surface area contributed by atoms with Gasteiger partial charge in [0, 0.05) is 15.5 Å². The lowest BCUT2D eigenvalue weighted by atomic mass is 10.2. The van der Waals surface area contributed by atoms with Crippen molar-refractivity contribution in [1.29, 1.82) is 5.26 Å². The number of nitrogens with zero attached hydrogens (tertiary/aromatic N) is 1. The third-order valence-corrected chi connectivity index (χ3v) is 4.45. The Bertz CT molecular complexity index is 633. The summed E-state index contributed by atoms with van der Waals surface area (Å²) in [5.74, 6) is 0.958. The highest BCUT2D eigenvalue weighted by molar-refractivity contribution is 7.99. The van der Waals surface area contributed by atoms with Crippen LogP contribution in [0.4, 0.5) is 11.4 Å². The van der Waals surface area contributed by atoms with Crippen molar-refractivity contribution in [3.63, 3.8) is 0 Å². The first kappa shape index (κ1) is 14.8. The molecular formula is C16H16N2S2. The molecule has 20 heavy (non-hydrogen) atoms. The minimum absolute atomic E-state index is 0.717. The van der Waals surface area contributed by atoms with E-state index in [-0.39, 0.29) is 0 Å². The summed E-state index contributed by atoms with van der Waals surface area (Å²) in [5, 5.41) is 12.7. The van der Waals surface area contributed by atoms with Gasteiger partial charge in [-0.2, -0.15) is 5.26 Å². The van der Waals surface area contributed by atoms with E-state index in [2.05, 4.69) is 36.7 Å². The number of nitrogens with one attached hydrogen (secondary N) is 1. The number of nitriles is 1. The second-order valence-electron chi connectivity index (χ2n) is 4.08. The maximum absolute atomic E-state index is 9.40. The summed E-state index contributed by atoms with van der Waals surface area (Å²) in [6, 6.07) is 16.4. The number of hydrogen-bond acceptors (Lipinski definition) is 4. The normalized spacial score (nSPS) is 10.1. The van der Waals surface area contributed by atoms with E-state index in [0.29, 0.717) is 5.56 Å². The molecule has 2 aromatic carbocycles. The number of rotatable bonds is 5. The minimum Gasteiger partial charge on any atom is -0.354 e. The van der Waals surface area contributed by atoms with Gasteiger partial charge < -0.3 is 5.32 Å². The van der Waals surface area contributed by atoms with E-state index in [1.54, 1.807) is 23.5 Å². The molecule has 0 spiro atoms. The van der Waals surface area contributed by atoms with Crippen molar-refractivity contribution >= 4 is 34.9 Å². The summed E-state index contributed by atoms with van der Waals surface area (Å²) < 4.78 is 0. The van der Waals surface area contributed by atoms with Crippen LogP contribution >= 0.6 is 23.5 Å². The van der Waals surface area contributed by atoms with Crippen molar-refractivity contribution in [2.45, 2.75) is 16.7 Å². The van der Waals surface area contributed by atoms with Crippen molar-refractivity contribution in [2.75, 3.05) is 17.3 Å². The Hall–Kier alpha value is -1.57. The van der Waals surface area contributed by atoms with Crippen LogP contribution in [-0.2, 0) is 0 Å². The lowest BCUT2D eigenvalue weighted by Crippen LogP contribution is -1.95. The first-order valence-corrected chi connectivity index (χ1v) is 8.56. The highest BCUT2D eigenvalue weighted by Crippen LogP contribution is 2.30. The monoisotopic (exact) mass is 300 g/mol. The summed E-state index contributed by atoms with van der Waals surface area (Å²) in [4.78, 5) is 2.23. The Labute approximate surface area is 128 Å². The third kappa shape index (κ3) is 3.50. The van der Waals surface area contributed by atoms with Crippen LogP contribution in [0.25, 0.3) is 0 Å². The molecule has 0 radical (unpaired) electrons. The van der Waals surface area contributed by atoms with Crippen LogP contribution in [-0.4, -0.2) is 12.0 Å². The molecule has 2 aromatic rings. The van der Waals surface area contributed by atoms with Crippen LogP contribution in [0, 0.1) is 11.3 Å². The van der Waals surface area contributed by atoms with Crippen LogP contribution in [0.2, 0.25) is 0 Å². The maximum atomic E-state index is 9.40. The average molecular weight is 300 g/mol. The molecule has 0 saturated heterocycles. The van der Waals surface area contributed by atoms with Crippen LogP contribution in [0.15, 0.2) is 52.3 Å². The van der Waals surface area contributed by atoms with E-state index < -0.39 is 0 Å². The molecular weight excluding hydrogens is 284 g/mol. The largest absolute Gasteiger partial charge is 0.354 e. The summed E-state index contributed by atoms with van der Waals surface area (Å²) in [7, 11) is 0. The van der Waals surface area contributed by atoms with Crippen molar-refractivity contribution in [3.05, 3.63) is 48.0 Å². The van der Waals surface area contributed by atoms with Gasteiger partial charge >= 0.3 is 0 Å². The number of thioether (sulfide) groups is 2. The zero-order valence-corrected chi connectivity index (χ0v) is 13.1. The number of benzene rings is 2. The topological polar surface area (TPSA) is 35.8 Å². The Morgan fingerprint density at radius 3 is 2.70 bits per heavy atom. The molecule has 0 aliphatic heterocycles. The number of hydrogen-bond donors (Lipinski definition) is 1. The standard InChI is InChI=1S/C16H16N2S2/c1-3-20-16-9-5-8-15(14(16)11-17)18-12-6-4-7-13(10-12)19-2/h4-10,18H,3H2,1-2H3. The van der Waals surface area contributed by atoms with Crippen molar-refractivity contribution in [2.24, 2.45) is 0 Å². The summed E-state index contributed by atoms with van der Waals surface area (Å²) in [6.07, 6.45) is 2.05. The van der Waals surface area contributed by atoms with E-state index in [1.807, 2.05) is 30.3 Å². The van der Waals surface area contributed by atoms with Crippen LogP contribution < -0.4 is 5.32 Å². The quantitative estimate of drug-likeness (QED) is 0.776. The highest BCUT2D eigenvalue weighted by Gasteiger charge is 2.08. The zero-order valence-electron chi connectivity index (χ0n) is 11.5. The Balaban J connectivity index is 2.33. The second kappa shape index (κ2) is 7.28. The van der Waals surface area contributed by atoms with Gasteiger partial charge in [0.1, 0.15) is 6.07 Å². The summed E-state index contributed by atoms with van der Waals surface area (Å²) >= 11 is 3.40. The molecule has 0 bridgehead atoms. The van der Waals surface area contributed by atoms with E-state index >= 15 is 0 Å². The molecule has 102 valence electrons. The molecule has 0 fully saturated rings. The van der Waals surface area contributed by atoms with Gasteiger partial charge in [-0.1, -0.05) is 19.1 Å². The summed E-state index contributed by atoms with van der Waals surface area (Å²) in [5.41, 5.74) is 2.59. The van der Waals surface area contributed by atoms with E-state index in [1.165, 1.54) is 4.90 Å². The fourth-order valence-corrected chi connectivity index (χ4v) is 3.13. The molecule has 4 heteroatoms. The minimum atomic E-state index is 0.717. The van der Waals surface area contributed by atoms with Crippen LogP contribution in [0.1, 0.15) is 12.5 Å². The Morgan fingerprint density at radius 1 is 1.20 bits per heavy atom. The van der Waals surface area contributed by atoms with Gasteiger partial charge in [0.15, 0.2) is 0 Å². The third-order valence-electron chi connectivity index (χ3n) is 2.79. The van der Waals surface area contributed by atoms with Gasteiger partial charge in [-0.05, 0) is 42.3 Å². The van der Waals surface area contributed by atoms with E-state index in [0.717, 1.165) is 22.0 Å². The van der Waals surface area contributed by atoms with Gasteiger partial charge in [-0.15, -0.1) is 23.5 Å². The predicted molar refractivity (Wildman–Crippen MR) is 89.1 cm³/mol. The lowest BCUT2D eigenvalue weighted by Gasteiger charge is -2.11. The van der Waals surface area contributed by atoms with E-state index in [9.17, 15) is 5.26 Å². The SMILES string of the molecule is CCSc1cccc(Nc2cccc(SC)c2)c1C#N. The predicted octanol–water partition coefficient (Wildman–Crippen LogP) is 5.14. The van der Waals surface area contributed by atoms with Gasteiger partial charge in [-0.25, -0.2) is 0 Å². The first-order chi connectivity index (χ1) is 9.78. The fraction of sp³-hybridized carbons (Fsp3) is 0.188.